The van der Waals surface area contributed by atoms with Gasteiger partial charge in [0.2, 0.25) is 5.91 Å². The maximum absolute atomic E-state index is 15.5. The molecule has 2 aliphatic rings. The fraction of sp³-hybridized carbons (Fsp3) is 0.333. The number of aromatic nitrogens is 5. The summed E-state index contributed by atoms with van der Waals surface area (Å²) in [4.78, 5) is 18.5. The molecule has 1 amide bonds. The van der Waals surface area contributed by atoms with Crippen molar-refractivity contribution >= 4 is 16.8 Å². The van der Waals surface area contributed by atoms with Crippen molar-refractivity contribution in [3.8, 4) is 23.0 Å². The lowest BCUT2D eigenvalue weighted by Gasteiger charge is -2.34. The number of H-pyrrole nitrogens is 1. The van der Waals surface area contributed by atoms with Crippen LogP contribution < -0.4 is 5.32 Å². The Morgan fingerprint density at radius 2 is 1.84 bits per heavy atom. The molecule has 1 saturated carbocycles. The second-order valence-corrected chi connectivity index (χ2v) is 13.4. The molecule has 0 radical (unpaired) electrons. The van der Waals surface area contributed by atoms with Gasteiger partial charge >= 0.3 is 6.18 Å². The lowest BCUT2D eigenvalue weighted by molar-refractivity contribution is -0.144. The summed E-state index contributed by atoms with van der Waals surface area (Å²) >= 11 is 0. The lowest BCUT2D eigenvalue weighted by atomic mass is 9.73. The molecule has 3 aromatic heterocycles. The summed E-state index contributed by atoms with van der Waals surface area (Å²) in [5, 5.41) is 24.0. The summed E-state index contributed by atoms with van der Waals surface area (Å²) in [5.74, 6) is -3.37. The Kier molecular flexibility index (Phi) is 8.20. The van der Waals surface area contributed by atoms with Crippen LogP contribution in [0.3, 0.4) is 0 Å². The van der Waals surface area contributed by atoms with E-state index >= 15 is 8.78 Å². The average molecular weight is 711 g/mol. The topological polar surface area (TPSA) is 109 Å². The van der Waals surface area contributed by atoms with E-state index in [-0.39, 0.29) is 36.2 Å². The number of benzene rings is 2. The second-order valence-electron chi connectivity index (χ2n) is 13.4. The number of amides is 1. The molecule has 3 unspecified atom stereocenters. The van der Waals surface area contributed by atoms with E-state index in [0.717, 1.165) is 12.1 Å². The number of aliphatic hydroxyl groups is 1. The van der Waals surface area contributed by atoms with E-state index in [2.05, 4.69) is 37.4 Å². The highest BCUT2D eigenvalue weighted by atomic mass is 19.4. The average Bonchev–Trinajstić information content (AvgIpc) is 3.67. The van der Waals surface area contributed by atoms with E-state index in [1.54, 1.807) is 36.5 Å². The highest BCUT2D eigenvalue weighted by Crippen LogP contribution is 2.64. The Hall–Kier alpha value is -5.23. The summed E-state index contributed by atoms with van der Waals surface area (Å²) in [6, 6.07) is 10.0. The number of nitrogens with zero attached hydrogens (tertiary/aromatic N) is 4. The maximum Gasteiger partial charge on any atom is 0.435 e. The van der Waals surface area contributed by atoms with Crippen LogP contribution in [0.2, 0.25) is 0 Å². The third kappa shape index (κ3) is 6.44. The number of fused-ring (bicyclic) bond motifs is 4. The second kappa shape index (κ2) is 12.2. The Labute approximate surface area is 286 Å². The lowest BCUT2D eigenvalue weighted by Crippen LogP contribution is -2.36. The van der Waals surface area contributed by atoms with Crippen molar-refractivity contribution in [3.63, 3.8) is 0 Å². The van der Waals surface area contributed by atoms with Crippen molar-refractivity contribution in [3.05, 3.63) is 100 Å². The fourth-order valence-electron chi connectivity index (χ4n) is 6.97. The Morgan fingerprint density at radius 3 is 2.51 bits per heavy atom. The highest BCUT2D eigenvalue weighted by Gasteiger charge is 2.63. The van der Waals surface area contributed by atoms with Crippen molar-refractivity contribution in [1.82, 2.24) is 30.3 Å². The van der Waals surface area contributed by atoms with E-state index in [1.807, 2.05) is 0 Å². The number of hydrogen-bond donors (Lipinski definition) is 3. The van der Waals surface area contributed by atoms with Gasteiger partial charge in [0.25, 0.3) is 5.92 Å². The van der Waals surface area contributed by atoms with Gasteiger partial charge in [-0.3, -0.25) is 14.6 Å². The van der Waals surface area contributed by atoms with Gasteiger partial charge in [0.1, 0.15) is 35.2 Å². The Bertz CT molecular complexity index is 2220. The first-order valence-corrected chi connectivity index (χ1v) is 16.0. The van der Waals surface area contributed by atoms with Gasteiger partial charge in [0, 0.05) is 28.5 Å². The van der Waals surface area contributed by atoms with Gasteiger partial charge in [-0.15, -0.1) is 0 Å². The molecule has 51 heavy (non-hydrogen) atoms. The zero-order chi connectivity index (χ0) is 36.5. The fourth-order valence-corrected chi connectivity index (χ4v) is 6.97. The minimum Gasteiger partial charge on any atom is -0.378 e. The van der Waals surface area contributed by atoms with Gasteiger partial charge in [-0.05, 0) is 86.4 Å². The predicted molar refractivity (Wildman–Crippen MR) is 170 cm³/mol. The van der Waals surface area contributed by atoms with Gasteiger partial charge in [-0.25, -0.2) is 13.8 Å². The molecule has 3 heterocycles. The van der Waals surface area contributed by atoms with Crippen LogP contribution in [0.15, 0.2) is 54.7 Å². The third-order valence-corrected chi connectivity index (χ3v) is 9.20. The van der Waals surface area contributed by atoms with E-state index in [1.165, 1.54) is 13.8 Å². The number of aromatic amines is 1. The molecule has 7 rings (SSSR count). The van der Waals surface area contributed by atoms with Crippen LogP contribution in [0.25, 0.3) is 22.0 Å². The maximum atomic E-state index is 15.5. The molecule has 2 aromatic carbocycles. The van der Waals surface area contributed by atoms with Crippen LogP contribution in [-0.4, -0.2) is 41.6 Å². The highest BCUT2D eigenvalue weighted by molar-refractivity contribution is 5.95. The van der Waals surface area contributed by atoms with Gasteiger partial charge in [0.15, 0.2) is 5.69 Å². The van der Waals surface area contributed by atoms with Crippen molar-refractivity contribution in [1.29, 1.82) is 0 Å². The zero-order valence-corrected chi connectivity index (χ0v) is 27.0. The monoisotopic (exact) mass is 710 g/mol. The van der Waals surface area contributed by atoms with Gasteiger partial charge < -0.3 is 10.4 Å². The smallest absolute Gasteiger partial charge is 0.378 e. The number of hydrogen-bond acceptors (Lipinski definition) is 5. The van der Waals surface area contributed by atoms with E-state index in [9.17, 15) is 31.9 Å². The number of carbonyl (C=O) groups excluding carboxylic acids is 1. The summed E-state index contributed by atoms with van der Waals surface area (Å²) in [7, 11) is 0. The first-order valence-electron chi connectivity index (χ1n) is 16.0. The molecule has 3 atom stereocenters. The summed E-state index contributed by atoms with van der Waals surface area (Å²) in [5.41, 5.74) is -2.33. The number of pyridine rings is 1. The molecular weight excluding hydrogens is 681 g/mol. The summed E-state index contributed by atoms with van der Waals surface area (Å²) in [6.45, 7) is 1.91. The van der Waals surface area contributed by atoms with Crippen LogP contribution in [0.1, 0.15) is 72.6 Å². The minimum atomic E-state index is -5.03. The predicted octanol–water partition coefficient (Wildman–Crippen LogP) is 6.94. The first kappa shape index (κ1) is 34.2. The molecule has 2 aliphatic carbocycles. The van der Waals surface area contributed by atoms with Crippen LogP contribution >= 0.6 is 0 Å². The van der Waals surface area contributed by atoms with Crippen LogP contribution in [0.5, 0.6) is 0 Å². The third-order valence-electron chi connectivity index (χ3n) is 9.20. The van der Waals surface area contributed by atoms with Crippen LogP contribution in [0, 0.1) is 29.4 Å². The van der Waals surface area contributed by atoms with E-state index in [4.69, 9.17) is 0 Å². The molecule has 0 aliphatic heterocycles. The Balaban J connectivity index is 1.34. The molecule has 0 bridgehead atoms. The normalized spacial score (nSPS) is 18.4. The van der Waals surface area contributed by atoms with Crippen molar-refractivity contribution in [2.75, 3.05) is 0 Å². The molecule has 264 valence electrons. The Morgan fingerprint density at radius 1 is 1.10 bits per heavy atom. The number of halogens is 7. The van der Waals surface area contributed by atoms with E-state index in [0.29, 0.717) is 32.8 Å². The molecule has 8 nitrogen and oxygen atoms in total. The number of carbonyl (C=O) groups is 1. The SMILES string of the molecule is CC(C)(O)C#Cc1ccc(-c2cccc3[nH]ncc23)c(C(Cc2cc(F)cc(F)c2)NC(=O)Cn2nc(C(F)(F)F)c3c2C(F)(F)C2CCC32)n1. The van der Waals surface area contributed by atoms with Gasteiger partial charge in [-0.1, -0.05) is 18.1 Å². The minimum absolute atomic E-state index is 0.0344. The number of rotatable bonds is 7. The summed E-state index contributed by atoms with van der Waals surface area (Å²) in [6.07, 6.45) is -3.57. The molecule has 0 saturated heterocycles. The number of nitrogens with one attached hydrogen (secondary N) is 2. The first-order chi connectivity index (χ1) is 24.0. The summed E-state index contributed by atoms with van der Waals surface area (Å²) < 4.78 is 102. The largest absolute Gasteiger partial charge is 0.435 e. The molecular formula is C36H29F7N6O2. The number of alkyl halides is 5. The van der Waals surface area contributed by atoms with Crippen LogP contribution in [0.4, 0.5) is 30.7 Å². The molecule has 0 spiro atoms. The van der Waals surface area contributed by atoms with E-state index < -0.39 is 76.6 Å². The van der Waals surface area contributed by atoms with Crippen LogP contribution in [-0.2, 0) is 29.9 Å². The van der Waals surface area contributed by atoms with Crippen molar-refractivity contribution < 1.29 is 40.6 Å². The van der Waals surface area contributed by atoms with Crippen molar-refractivity contribution in [2.24, 2.45) is 5.92 Å². The molecule has 3 N–H and O–H groups in total. The standard InChI is InChI=1S/C36H29F7N6O2/c1-34(2,51)11-10-21-6-7-23(22-4-3-5-27-25(22)16-44-47-27)31(45-21)28(14-18-12-19(37)15-20(38)13-18)46-29(50)17-49-33-30(32(48-49)36(41,42)43)24-8-9-26(24)35(33,39)40/h3-7,12-13,15-16,24,26,28,51H,8-9,14,17H2,1-2H3,(H,44,47)(H,46,50). The molecule has 5 aromatic rings. The van der Waals surface area contributed by atoms with Gasteiger partial charge in [0.05, 0.1) is 23.4 Å². The quantitative estimate of drug-likeness (QED) is 0.125. The molecule has 15 heteroatoms. The molecule has 1 fully saturated rings. The van der Waals surface area contributed by atoms with Crippen molar-refractivity contribution in [2.45, 2.75) is 69.3 Å². The zero-order valence-electron chi connectivity index (χ0n) is 27.0. The van der Waals surface area contributed by atoms with Gasteiger partial charge in [-0.2, -0.15) is 32.1 Å².